The van der Waals surface area contributed by atoms with E-state index in [9.17, 15) is 0 Å². The second-order valence-electron chi connectivity index (χ2n) is 5.86. The van der Waals surface area contributed by atoms with Crippen molar-refractivity contribution in [2.24, 2.45) is 12.5 Å². The molecule has 0 atom stereocenters. The molecule has 102 valence electrons. The largest absolute Gasteiger partial charge is 0.396 e. The minimum atomic E-state index is 0.315. The lowest BCUT2D eigenvalue weighted by molar-refractivity contribution is 0.245. The van der Waals surface area contributed by atoms with Gasteiger partial charge >= 0.3 is 0 Å². The molecule has 1 heterocycles. The average Bonchev–Trinajstić information content (AvgIpc) is 3.10. The van der Waals surface area contributed by atoms with Crippen molar-refractivity contribution in [1.29, 1.82) is 0 Å². The molecule has 3 heteroatoms. The zero-order chi connectivity index (χ0) is 13.3. The van der Waals surface area contributed by atoms with Gasteiger partial charge in [0.15, 0.2) is 0 Å². The molecule has 1 aliphatic rings. The molecular weight excluding hydrogens is 236 g/mol. The molecule has 0 saturated heterocycles. The topological polar surface area (TPSA) is 37.2 Å². The summed E-state index contributed by atoms with van der Waals surface area (Å²) in [5, 5.41) is 14.0. The lowest BCUT2D eigenvalue weighted by atomic mass is 10.0. The molecule has 1 saturated carbocycles. The van der Waals surface area contributed by atoms with Crippen LogP contribution in [0.1, 0.15) is 24.8 Å². The van der Waals surface area contributed by atoms with Crippen molar-refractivity contribution >= 4 is 10.9 Å². The van der Waals surface area contributed by atoms with Crippen LogP contribution in [0.5, 0.6) is 0 Å². The van der Waals surface area contributed by atoms with Gasteiger partial charge < -0.3 is 15.0 Å². The summed E-state index contributed by atoms with van der Waals surface area (Å²) in [7, 11) is 2.10. The molecule has 2 aromatic rings. The third-order valence-corrected chi connectivity index (χ3v) is 4.39. The van der Waals surface area contributed by atoms with Crippen LogP contribution in [0.2, 0.25) is 0 Å². The summed E-state index contributed by atoms with van der Waals surface area (Å²) in [6, 6.07) is 8.53. The van der Waals surface area contributed by atoms with Gasteiger partial charge in [-0.25, -0.2) is 0 Å². The fourth-order valence-corrected chi connectivity index (χ4v) is 2.96. The molecule has 0 unspecified atom stereocenters. The molecule has 3 rings (SSSR count). The van der Waals surface area contributed by atoms with Gasteiger partial charge in [0, 0.05) is 43.8 Å². The first-order valence-electron chi connectivity index (χ1n) is 7.09. The highest BCUT2D eigenvalue weighted by atomic mass is 16.3. The van der Waals surface area contributed by atoms with Gasteiger partial charge in [-0.2, -0.15) is 0 Å². The van der Waals surface area contributed by atoms with Crippen molar-refractivity contribution in [1.82, 2.24) is 9.88 Å². The van der Waals surface area contributed by atoms with Gasteiger partial charge in [-0.1, -0.05) is 18.2 Å². The van der Waals surface area contributed by atoms with E-state index in [2.05, 4.69) is 47.4 Å². The Morgan fingerprint density at radius 1 is 1.32 bits per heavy atom. The van der Waals surface area contributed by atoms with Gasteiger partial charge in [0.1, 0.15) is 0 Å². The molecule has 1 aliphatic carbocycles. The minimum Gasteiger partial charge on any atom is -0.396 e. The average molecular weight is 258 g/mol. The van der Waals surface area contributed by atoms with Crippen LogP contribution in [0.25, 0.3) is 10.9 Å². The Labute approximate surface area is 114 Å². The van der Waals surface area contributed by atoms with Crippen LogP contribution in [0.3, 0.4) is 0 Å². The summed E-state index contributed by atoms with van der Waals surface area (Å²) >= 11 is 0. The Balaban J connectivity index is 1.66. The number of aromatic nitrogens is 1. The van der Waals surface area contributed by atoms with Crippen molar-refractivity contribution in [2.45, 2.75) is 25.8 Å². The number of nitrogens with zero attached hydrogens (tertiary/aromatic N) is 1. The standard InChI is InChI=1S/C16H22N2O/c1-18-11-13(14-4-2-3-5-15(14)18)10-17-12-16(6-7-16)8-9-19/h2-5,11,17,19H,6-10,12H2,1H3. The molecule has 0 amide bonds. The molecule has 1 aromatic carbocycles. The minimum absolute atomic E-state index is 0.315. The maximum atomic E-state index is 9.07. The van der Waals surface area contributed by atoms with Gasteiger partial charge in [0.25, 0.3) is 0 Å². The lowest BCUT2D eigenvalue weighted by Crippen LogP contribution is -2.24. The van der Waals surface area contributed by atoms with Gasteiger partial charge in [-0.15, -0.1) is 0 Å². The fraction of sp³-hybridized carbons (Fsp3) is 0.500. The predicted molar refractivity (Wildman–Crippen MR) is 78.0 cm³/mol. The Kier molecular flexibility index (Phi) is 3.33. The number of aliphatic hydroxyl groups excluding tert-OH is 1. The number of fused-ring (bicyclic) bond motifs is 1. The van der Waals surface area contributed by atoms with Crippen LogP contribution in [0, 0.1) is 5.41 Å². The zero-order valence-electron chi connectivity index (χ0n) is 11.5. The summed E-state index contributed by atoms with van der Waals surface area (Å²) in [6.45, 7) is 2.25. The van der Waals surface area contributed by atoms with E-state index in [-0.39, 0.29) is 0 Å². The van der Waals surface area contributed by atoms with Gasteiger partial charge in [0.05, 0.1) is 0 Å². The molecule has 1 fully saturated rings. The second kappa shape index (κ2) is 4.99. The maximum Gasteiger partial charge on any atom is 0.0481 e. The van der Waals surface area contributed by atoms with E-state index in [1.54, 1.807) is 0 Å². The molecule has 0 radical (unpaired) electrons. The molecule has 1 aromatic heterocycles. The number of hydrogen-bond donors (Lipinski definition) is 2. The normalized spacial score (nSPS) is 16.9. The Hall–Kier alpha value is -1.32. The van der Waals surface area contributed by atoms with Crippen molar-refractivity contribution in [3.05, 3.63) is 36.0 Å². The number of nitrogens with one attached hydrogen (secondary N) is 1. The van der Waals surface area contributed by atoms with Crippen LogP contribution >= 0.6 is 0 Å². The number of hydrogen-bond acceptors (Lipinski definition) is 2. The Morgan fingerprint density at radius 2 is 2.11 bits per heavy atom. The third kappa shape index (κ3) is 2.53. The van der Waals surface area contributed by atoms with E-state index < -0.39 is 0 Å². The highest BCUT2D eigenvalue weighted by molar-refractivity contribution is 5.83. The van der Waals surface area contributed by atoms with Crippen LogP contribution in [-0.2, 0) is 13.6 Å². The fourth-order valence-electron chi connectivity index (χ4n) is 2.96. The number of aliphatic hydroxyl groups is 1. The first-order chi connectivity index (χ1) is 9.24. The molecule has 2 N–H and O–H groups in total. The summed E-state index contributed by atoms with van der Waals surface area (Å²) in [4.78, 5) is 0. The predicted octanol–water partition coefficient (Wildman–Crippen LogP) is 2.43. The highest BCUT2D eigenvalue weighted by Crippen LogP contribution is 2.47. The molecule has 19 heavy (non-hydrogen) atoms. The summed E-state index contributed by atoms with van der Waals surface area (Å²) in [5.41, 5.74) is 3.04. The number of rotatable bonds is 6. The maximum absolute atomic E-state index is 9.07. The lowest BCUT2D eigenvalue weighted by Gasteiger charge is -2.14. The zero-order valence-corrected chi connectivity index (χ0v) is 11.5. The van der Waals surface area contributed by atoms with Crippen LogP contribution in [0.4, 0.5) is 0 Å². The van der Waals surface area contributed by atoms with Crippen molar-refractivity contribution < 1.29 is 5.11 Å². The first kappa shape index (κ1) is 12.7. The number of benzene rings is 1. The quantitative estimate of drug-likeness (QED) is 0.835. The van der Waals surface area contributed by atoms with Crippen LogP contribution in [-0.4, -0.2) is 22.8 Å². The van der Waals surface area contributed by atoms with E-state index in [4.69, 9.17) is 5.11 Å². The van der Waals surface area contributed by atoms with E-state index >= 15 is 0 Å². The summed E-state index contributed by atoms with van der Waals surface area (Å²) in [5.74, 6) is 0. The summed E-state index contributed by atoms with van der Waals surface area (Å²) in [6.07, 6.45) is 5.67. The molecule has 3 nitrogen and oxygen atoms in total. The van der Waals surface area contributed by atoms with Crippen molar-refractivity contribution in [2.75, 3.05) is 13.2 Å². The van der Waals surface area contributed by atoms with Crippen molar-refractivity contribution in [3.63, 3.8) is 0 Å². The van der Waals surface area contributed by atoms with E-state index in [0.717, 1.165) is 19.5 Å². The SMILES string of the molecule is Cn1cc(CNCC2(CCO)CC2)c2ccccc21. The van der Waals surface area contributed by atoms with Gasteiger partial charge in [-0.05, 0) is 36.3 Å². The molecule has 0 spiro atoms. The Morgan fingerprint density at radius 3 is 2.84 bits per heavy atom. The number of aryl methyl sites for hydroxylation is 1. The Bertz CT molecular complexity index is 569. The second-order valence-corrected chi connectivity index (χ2v) is 5.86. The van der Waals surface area contributed by atoms with Crippen LogP contribution in [0.15, 0.2) is 30.5 Å². The van der Waals surface area contributed by atoms with E-state index in [0.29, 0.717) is 12.0 Å². The monoisotopic (exact) mass is 258 g/mol. The van der Waals surface area contributed by atoms with E-state index in [1.807, 2.05) is 0 Å². The third-order valence-electron chi connectivity index (χ3n) is 4.39. The molecule has 0 aliphatic heterocycles. The summed E-state index contributed by atoms with van der Waals surface area (Å²) < 4.78 is 2.19. The molecule has 0 bridgehead atoms. The van der Waals surface area contributed by atoms with Crippen molar-refractivity contribution in [3.8, 4) is 0 Å². The van der Waals surface area contributed by atoms with Crippen LogP contribution < -0.4 is 5.32 Å². The van der Waals surface area contributed by atoms with Gasteiger partial charge in [0.2, 0.25) is 0 Å². The van der Waals surface area contributed by atoms with E-state index in [1.165, 1.54) is 29.3 Å². The van der Waals surface area contributed by atoms with Gasteiger partial charge in [-0.3, -0.25) is 0 Å². The highest BCUT2D eigenvalue weighted by Gasteiger charge is 2.41. The molecular formula is C16H22N2O. The number of para-hydroxylation sites is 1. The first-order valence-corrected chi connectivity index (χ1v) is 7.09. The smallest absolute Gasteiger partial charge is 0.0481 e.